The molecule has 6 nitrogen and oxygen atoms in total. The first-order chi connectivity index (χ1) is 7.47. The second-order valence-corrected chi connectivity index (χ2v) is 3.91. The minimum atomic E-state index is -0.926. The van der Waals surface area contributed by atoms with Crippen molar-refractivity contribution < 1.29 is 9.90 Å². The van der Waals surface area contributed by atoms with Crippen LogP contribution in [-0.4, -0.2) is 27.6 Å². The number of aromatic nitrogens is 2. The Balaban J connectivity index is 2.76. The zero-order valence-corrected chi connectivity index (χ0v) is 9.06. The highest BCUT2D eigenvalue weighted by molar-refractivity contribution is 5.74. The van der Waals surface area contributed by atoms with Gasteiger partial charge in [-0.3, -0.25) is 4.79 Å². The van der Waals surface area contributed by atoms with Crippen molar-refractivity contribution in [2.45, 2.75) is 13.8 Å². The van der Waals surface area contributed by atoms with Gasteiger partial charge in [0, 0.05) is 18.9 Å². The third-order valence-corrected chi connectivity index (χ3v) is 2.08. The Labute approximate surface area is 93.0 Å². The van der Waals surface area contributed by atoms with Gasteiger partial charge in [-0.25, -0.2) is 9.97 Å². The van der Waals surface area contributed by atoms with E-state index >= 15 is 0 Å². The summed E-state index contributed by atoms with van der Waals surface area (Å²) in [5.74, 6) is -0.610. The Morgan fingerprint density at radius 2 is 2.19 bits per heavy atom. The van der Waals surface area contributed by atoms with E-state index in [1.165, 1.54) is 12.4 Å². The summed E-state index contributed by atoms with van der Waals surface area (Å²) in [6.45, 7) is 3.35. The molecule has 0 saturated carbocycles. The quantitative estimate of drug-likeness (QED) is 0.781. The zero-order valence-electron chi connectivity index (χ0n) is 9.06. The van der Waals surface area contributed by atoms with E-state index in [4.69, 9.17) is 10.4 Å². The standard InChI is InChI=1S/C10H12N4O2/c1-10(2,9(15)16)6-14-8-7(5-11)12-3-4-13-8/h3-4H,6H2,1-2H3,(H,13,14)(H,15,16). The maximum Gasteiger partial charge on any atom is 0.310 e. The van der Waals surface area contributed by atoms with Gasteiger partial charge in [0.15, 0.2) is 11.5 Å². The number of hydrogen-bond donors (Lipinski definition) is 2. The molecule has 0 fully saturated rings. The lowest BCUT2D eigenvalue weighted by atomic mass is 9.94. The summed E-state index contributed by atoms with van der Waals surface area (Å²) in [5.41, 5.74) is -0.770. The Hall–Kier alpha value is -2.16. The molecule has 0 saturated heterocycles. The van der Waals surface area contributed by atoms with Gasteiger partial charge in [-0.15, -0.1) is 0 Å². The molecule has 0 aliphatic carbocycles. The molecule has 84 valence electrons. The molecule has 0 radical (unpaired) electrons. The van der Waals surface area contributed by atoms with Gasteiger partial charge in [0.2, 0.25) is 0 Å². The monoisotopic (exact) mass is 220 g/mol. The molecule has 1 aromatic heterocycles. The van der Waals surface area contributed by atoms with Gasteiger partial charge in [0.05, 0.1) is 5.41 Å². The summed E-state index contributed by atoms with van der Waals surface area (Å²) in [4.78, 5) is 18.6. The zero-order chi connectivity index (χ0) is 12.2. The first-order valence-corrected chi connectivity index (χ1v) is 4.66. The van der Waals surface area contributed by atoms with Gasteiger partial charge >= 0.3 is 5.97 Å². The lowest BCUT2D eigenvalue weighted by Gasteiger charge is -2.19. The number of carbonyl (C=O) groups is 1. The van der Waals surface area contributed by atoms with Crippen LogP contribution in [0.5, 0.6) is 0 Å². The van der Waals surface area contributed by atoms with Gasteiger partial charge in [-0.1, -0.05) is 0 Å². The van der Waals surface area contributed by atoms with E-state index < -0.39 is 11.4 Å². The normalized spacial score (nSPS) is 10.6. The molecule has 0 atom stereocenters. The van der Waals surface area contributed by atoms with Crippen LogP contribution in [0.15, 0.2) is 12.4 Å². The number of carboxylic acid groups (broad SMARTS) is 1. The molecular formula is C10H12N4O2. The number of rotatable bonds is 4. The number of carboxylic acids is 1. The van der Waals surface area contributed by atoms with E-state index in [2.05, 4.69) is 15.3 Å². The molecular weight excluding hydrogens is 208 g/mol. The average Bonchev–Trinajstić information content (AvgIpc) is 2.26. The first kappa shape index (κ1) is 11.9. The van der Waals surface area contributed by atoms with Crippen molar-refractivity contribution in [3.05, 3.63) is 18.1 Å². The van der Waals surface area contributed by atoms with Crippen molar-refractivity contribution in [2.24, 2.45) is 5.41 Å². The minimum absolute atomic E-state index is 0.156. The predicted molar refractivity (Wildman–Crippen MR) is 56.7 cm³/mol. The summed E-state index contributed by atoms with van der Waals surface area (Å²) in [7, 11) is 0. The van der Waals surface area contributed by atoms with Crippen molar-refractivity contribution in [3.63, 3.8) is 0 Å². The maximum absolute atomic E-state index is 10.9. The molecule has 0 aromatic carbocycles. The molecule has 0 unspecified atom stereocenters. The molecule has 0 aliphatic rings. The van der Waals surface area contributed by atoms with E-state index in [9.17, 15) is 4.79 Å². The van der Waals surface area contributed by atoms with Crippen molar-refractivity contribution in [2.75, 3.05) is 11.9 Å². The van der Waals surface area contributed by atoms with Crippen LogP contribution in [0.4, 0.5) is 5.82 Å². The number of anilines is 1. The van der Waals surface area contributed by atoms with Crippen LogP contribution < -0.4 is 5.32 Å². The van der Waals surface area contributed by atoms with E-state index in [-0.39, 0.29) is 12.2 Å². The molecule has 1 rings (SSSR count). The van der Waals surface area contributed by atoms with Gasteiger partial charge in [0.25, 0.3) is 0 Å². The molecule has 6 heteroatoms. The topological polar surface area (TPSA) is 98.9 Å². The number of nitriles is 1. The third kappa shape index (κ3) is 2.67. The smallest absolute Gasteiger partial charge is 0.310 e. The van der Waals surface area contributed by atoms with Crippen LogP contribution in [0.3, 0.4) is 0 Å². The first-order valence-electron chi connectivity index (χ1n) is 4.66. The van der Waals surface area contributed by atoms with E-state index in [0.29, 0.717) is 5.82 Å². The highest BCUT2D eigenvalue weighted by Gasteiger charge is 2.27. The summed E-state index contributed by atoms with van der Waals surface area (Å²) >= 11 is 0. The van der Waals surface area contributed by atoms with Crippen LogP contribution in [0.2, 0.25) is 0 Å². The summed E-state index contributed by atoms with van der Waals surface area (Å²) in [6, 6.07) is 1.88. The molecule has 0 bridgehead atoms. The summed E-state index contributed by atoms with van der Waals surface area (Å²) in [6.07, 6.45) is 2.85. The van der Waals surface area contributed by atoms with Crippen LogP contribution >= 0.6 is 0 Å². The predicted octanol–water partition coefficient (Wildman–Crippen LogP) is 0.871. The molecule has 0 amide bonds. The van der Waals surface area contributed by atoms with Crippen molar-refractivity contribution in [1.82, 2.24) is 9.97 Å². The molecule has 1 aromatic rings. The van der Waals surface area contributed by atoms with Gasteiger partial charge in [0.1, 0.15) is 6.07 Å². The fraction of sp³-hybridized carbons (Fsp3) is 0.400. The maximum atomic E-state index is 10.9. The fourth-order valence-corrected chi connectivity index (χ4v) is 0.930. The Bertz CT molecular complexity index is 437. The second kappa shape index (κ2) is 4.57. The highest BCUT2D eigenvalue weighted by atomic mass is 16.4. The van der Waals surface area contributed by atoms with Gasteiger partial charge < -0.3 is 10.4 Å². The van der Waals surface area contributed by atoms with Crippen molar-refractivity contribution in [3.8, 4) is 6.07 Å². The van der Waals surface area contributed by atoms with Crippen molar-refractivity contribution in [1.29, 1.82) is 5.26 Å². The molecule has 2 N–H and O–H groups in total. The average molecular weight is 220 g/mol. The third-order valence-electron chi connectivity index (χ3n) is 2.08. The summed E-state index contributed by atoms with van der Waals surface area (Å²) in [5, 5.41) is 20.5. The Morgan fingerprint density at radius 1 is 1.56 bits per heavy atom. The van der Waals surface area contributed by atoms with E-state index in [1.807, 2.05) is 6.07 Å². The number of nitrogens with one attached hydrogen (secondary N) is 1. The SMILES string of the molecule is CC(C)(CNc1nccnc1C#N)C(=O)O. The van der Waals surface area contributed by atoms with Crippen molar-refractivity contribution >= 4 is 11.8 Å². The minimum Gasteiger partial charge on any atom is -0.481 e. The van der Waals surface area contributed by atoms with Crippen LogP contribution in [0.25, 0.3) is 0 Å². The number of hydrogen-bond acceptors (Lipinski definition) is 5. The molecule has 16 heavy (non-hydrogen) atoms. The lowest BCUT2D eigenvalue weighted by molar-refractivity contribution is -0.146. The Kier molecular flexibility index (Phi) is 3.40. The molecule has 1 heterocycles. The molecule has 0 spiro atoms. The second-order valence-electron chi connectivity index (χ2n) is 3.91. The highest BCUT2D eigenvalue weighted by Crippen LogP contribution is 2.16. The van der Waals surface area contributed by atoms with Gasteiger partial charge in [-0.2, -0.15) is 5.26 Å². The van der Waals surface area contributed by atoms with E-state index in [1.54, 1.807) is 13.8 Å². The van der Waals surface area contributed by atoms with Crippen LogP contribution in [-0.2, 0) is 4.79 Å². The molecule has 0 aliphatic heterocycles. The number of nitrogens with zero attached hydrogens (tertiary/aromatic N) is 3. The fourth-order valence-electron chi connectivity index (χ4n) is 0.930. The largest absolute Gasteiger partial charge is 0.481 e. The summed E-state index contributed by atoms with van der Waals surface area (Å²) < 4.78 is 0. The van der Waals surface area contributed by atoms with Crippen LogP contribution in [0, 0.1) is 16.7 Å². The van der Waals surface area contributed by atoms with E-state index in [0.717, 1.165) is 0 Å². The Morgan fingerprint density at radius 3 is 2.75 bits per heavy atom. The van der Waals surface area contributed by atoms with Gasteiger partial charge in [-0.05, 0) is 13.8 Å². The lowest BCUT2D eigenvalue weighted by Crippen LogP contribution is -2.32. The number of aliphatic carboxylic acids is 1. The van der Waals surface area contributed by atoms with Crippen LogP contribution in [0.1, 0.15) is 19.5 Å².